The SMILES string of the molecule is COC(=O)C1CCC(CO)C(O)C1. The van der Waals surface area contributed by atoms with Crippen LogP contribution in [-0.2, 0) is 9.53 Å². The van der Waals surface area contributed by atoms with Crippen LogP contribution in [0.25, 0.3) is 0 Å². The minimum atomic E-state index is -0.567. The number of carbonyl (C=O) groups is 1. The molecule has 1 aliphatic carbocycles. The summed E-state index contributed by atoms with van der Waals surface area (Å²) >= 11 is 0. The van der Waals surface area contributed by atoms with Crippen molar-refractivity contribution < 1.29 is 19.7 Å². The molecule has 1 rings (SSSR count). The van der Waals surface area contributed by atoms with Crippen molar-refractivity contribution in [3.05, 3.63) is 0 Å². The molecule has 0 amide bonds. The Labute approximate surface area is 77.5 Å². The Kier molecular flexibility index (Phi) is 3.69. The van der Waals surface area contributed by atoms with Crippen molar-refractivity contribution in [2.24, 2.45) is 11.8 Å². The molecule has 0 aromatic rings. The van der Waals surface area contributed by atoms with Gasteiger partial charge in [0.25, 0.3) is 0 Å². The maximum atomic E-state index is 11.1. The summed E-state index contributed by atoms with van der Waals surface area (Å²) in [7, 11) is 1.35. The third kappa shape index (κ3) is 2.42. The number of methoxy groups -OCH3 is 1. The van der Waals surface area contributed by atoms with Gasteiger partial charge < -0.3 is 14.9 Å². The summed E-state index contributed by atoms with van der Waals surface area (Å²) in [5.41, 5.74) is 0. The largest absolute Gasteiger partial charge is 0.469 e. The minimum Gasteiger partial charge on any atom is -0.469 e. The monoisotopic (exact) mass is 188 g/mol. The van der Waals surface area contributed by atoms with Gasteiger partial charge in [0.15, 0.2) is 0 Å². The Hall–Kier alpha value is -0.610. The second-order valence-corrected chi connectivity index (χ2v) is 3.54. The minimum absolute atomic E-state index is 0.00490. The van der Waals surface area contributed by atoms with Gasteiger partial charge >= 0.3 is 5.97 Å². The summed E-state index contributed by atoms with van der Waals surface area (Å²) in [5.74, 6) is -0.515. The molecule has 3 unspecified atom stereocenters. The lowest BCUT2D eigenvalue weighted by molar-refractivity contribution is -0.149. The van der Waals surface area contributed by atoms with Crippen LogP contribution in [0.15, 0.2) is 0 Å². The van der Waals surface area contributed by atoms with Crippen molar-refractivity contribution in [3.8, 4) is 0 Å². The van der Waals surface area contributed by atoms with Crippen LogP contribution in [0.5, 0.6) is 0 Å². The molecule has 3 atom stereocenters. The maximum absolute atomic E-state index is 11.1. The van der Waals surface area contributed by atoms with Gasteiger partial charge in [-0.3, -0.25) is 4.79 Å². The number of hydrogen-bond acceptors (Lipinski definition) is 4. The molecule has 1 fully saturated rings. The number of ether oxygens (including phenoxy) is 1. The van der Waals surface area contributed by atoms with Gasteiger partial charge in [0.05, 0.1) is 19.1 Å². The molecule has 0 spiro atoms. The predicted molar refractivity (Wildman–Crippen MR) is 45.9 cm³/mol. The fraction of sp³-hybridized carbons (Fsp3) is 0.889. The first-order valence-corrected chi connectivity index (χ1v) is 4.55. The molecule has 0 bridgehead atoms. The van der Waals surface area contributed by atoms with Crippen LogP contribution in [0, 0.1) is 11.8 Å². The van der Waals surface area contributed by atoms with Gasteiger partial charge in [-0.05, 0) is 19.3 Å². The van der Waals surface area contributed by atoms with Crippen molar-refractivity contribution >= 4 is 5.97 Å². The van der Waals surface area contributed by atoms with Crippen LogP contribution in [0.4, 0.5) is 0 Å². The molecule has 2 N–H and O–H groups in total. The van der Waals surface area contributed by atoms with E-state index in [1.54, 1.807) is 0 Å². The standard InChI is InChI=1S/C9H16O4/c1-13-9(12)6-2-3-7(5-10)8(11)4-6/h6-8,10-11H,2-5H2,1H3. The Bertz CT molecular complexity index is 180. The molecule has 0 radical (unpaired) electrons. The first kappa shape index (κ1) is 10.5. The van der Waals surface area contributed by atoms with Gasteiger partial charge in [-0.2, -0.15) is 0 Å². The molecular weight excluding hydrogens is 172 g/mol. The summed E-state index contributed by atoms with van der Waals surface area (Å²) in [6, 6.07) is 0. The quantitative estimate of drug-likeness (QED) is 0.595. The predicted octanol–water partition coefficient (Wildman–Crippen LogP) is -0.0711. The van der Waals surface area contributed by atoms with Crippen LogP contribution in [0.3, 0.4) is 0 Å². The molecule has 4 nitrogen and oxygen atoms in total. The third-order valence-electron chi connectivity index (χ3n) is 2.73. The highest BCUT2D eigenvalue weighted by Crippen LogP contribution is 2.29. The van der Waals surface area contributed by atoms with Gasteiger partial charge in [0.1, 0.15) is 0 Å². The highest BCUT2D eigenvalue weighted by Gasteiger charge is 2.32. The van der Waals surface area contributed by atoms with E-state index in [1.807, 2.05) is 0 Å². The number of hydrogen-bond donors (Lipinski definition) is 2. The lowest BCUT2D eigenvalue weighted by atomic mass is 9.80. The highest BCUT2D eigenvalue weighted by atomic mass is 16.5. The molecule has 0 heterocycles. The van der Waals surface area contributed by atoms with E-state index in [9.17, 15) is 9.90 Å². The number of aliphatic hydroxyl groups is 2. The van der Waals surface area contributed by atoms with Crippen molar-refractivity contribution in [1.29, 1.82) is 0 Å². The molecular formula is C9H16O4. The molecule has 0 aromatic carbocycles. The van der Waals surface area contributed by atoms with Crippen LogP contribution in [0.2, 0.25) is 0 Å². The zero-order valence-corrected chi connectivity index (χ0v) is 7.77. The van der Waals surface area contributed by atoms with E-state index in [0.717, 1.165) is 0 Å². The van der Waals surface area contributed by atoms with Gasteiger partial charge in [-0.1, -0.05) is 0 Å². The Morgan fingerprint density at radius 2 is 2.23 bits per heavy atom. The van der Waals surface area contributed by atoms with E-state index in [2.05, 4.69) is 4.74 Å². The molecule has 0 aromatic heterocycles. The lowest BCUT2D eigenvalue weighted by Crippen LogP contribution is -2.35. The van der Waals surface area contributed by atoms with Crippen LogP contribution in [0.1, 0.15) is 19.3 Å². The number of rotatable bonds is 2. The van der Waals surface area contributed by atoms with Crippen molar-refractivity contribution in [3.63, 3.8) is 0 Å². The van der Waals surface area contributed by atoms with Gasteiger partial charge in [0, 0.05) is 12.5 Å². The molecule has 0 saturated heterocycles. The fourth-order valence-corrected chi connectivity index (χ4v) is 1.80. The second kappa shape index (κ2) is 4.58. The number of aliphatic hydroxyl groups excluding tert-OH is 2. The average molecular weight is 188 g/mol. The Balaban J connectivity index is 2.45. The first-order valence-electron chi connectivity index (χ1n) is 4.55. The summed E-state index contributed by atoms with van der Waals surface area (Å²) in [6.07, 6.45) is 1.24. The van der Waals surface area contributed by atoms with Gasteiger partial charge in [0.2, 0.25) is 0 Å². The fourth-order valence-electron chi connectivity index (χ4n) is 1.80. The average Bonchev–Trinajstić information content (AvgIpc) is 2.16. The van der Waals surface area contributed by atoms with Crippen LogP contribution >= 0.6 is 0 Å². The molecule has 76 valence electrons. The van der Waals surface area contributed by atoms with E-state index in [-0.39, 0.29) is 24.4 Å². The van der Waals surface area contributed by atoms with Crippen LogP contribution in [-0.4, -0.2) is 36.0 Å². The normalized spacial score (nSPS) is 34.2. The molecule has 13 heavy (non-hydrogen) atoms. The summed E-state index contributed by atoms with van der Waals surface area (Å²) in [4.78, 5) is 11.1. The smallest absolute Gasteiger partial charge is 0.308 e. The lowest BCUT2D eigenvalue weighted by Gasteiger charge is -2.30. The summed E-state index contributed by atoms with van der Waals surface area (Å²) < 4.78 is 4.59. The Morgan fingerprint density at radius 3 is 2.69 bits per heavy atom. The number of carbonyl (C=O) groups excluding carboxylic acids is 1. The molecule has 4 heteroatoms. The topological polar surface area (TPSA) is 66.8 Å². The Morgan fingerprint density at radius 1 is 1.54 bits per heavy atom. The van der Waals surface area contributed by atoms with Gasteiger partial charge in [-0.25, -0.2) is 0 Å². The molecule has 1 aliphatic rings. The van der Waals surface area contributed by atoms with E-state index in [4.69, 9.17) is 5.11 Å². The van der Waals surface area contributed by atoms with Crippen LogP contribution < -0.4 is 0 Å². The van der Waals surface area contributed by atoms with E-state index >= 15 is 0 Å². The van der Waals surface area contributed by atoms with Gasteiger partial charge in [-0.15, -0.1) is 0 Å². The number of esters is 1. The van der Waals surface area contributed by atoms with Crippen molar-refractivity contribution in [2.75, 3.05) is 13.7 Å². The maximum Gasteiger partial charge on any atom is 0.308 e. The van der Waals surface area contributed by atoms with E-state index in [1.165, 1.54) is 7.11 Å². The summed E-state index contributed by atoms with van der Waals surface area (Å²) in [5, 5.41) is 18.4. The zero-order valence-electron chi connectivity index (χ0n) is 7.77. The highest BCUT2D eigenvalue weighted by molar-refractivity contribution is 5.72. The van der Waals surface area contributed by atoms with Crippen molar-refractivity contribution in [1.82, 2.24) is 0 Å². The molecule has 1 saturated carbocycles. The third-order valence-corrected chi connectivity index (χ3v) is 2.73. The second-order valence-electron chi connectivity index (χ2n) is 3.54. The van der Waals surface area contributed by atoms with Crippen molar-refractivity contribution in [2.45, 2.75) is 25.4 Å². The molecule has 0 aliphatic heterocycles. The summed E-state index contributed by atoms with van der Waals surface area (Å²) in [6.45, 7) is -0.00490. The van der Waals surface area contributed by atoms with E-state index < -0.39 is 6.10 Å². The first-order chi connectivity index (χ1) is 6.19. The zero-order chi connectivity index (χ0) is 9.84. The van der Waals surface area contributed by atoms with E-state index in [0.29, 0.717) is 19.3 Å².